The highest BCUT2D eigenvalue weighted by Gasteiger charge is 2.19. The fourth-order valence-corrected chi connectivity index (χ4v) is 3.75. The highest BCUT2D eigenvalue weighted by molar-refractivity contribution is 7.98. The van der Waals surface area contributed by atoms with Crippen LogP contribution in [0.25, 0.3) is 10.9 Å². The second-order valence-electron chi connectivity index (χ2n) is 6.54. The van der Waals surface area contributed by atoms with Crippen LogP contribution in [0.5, 0.6) is 0 Å². The SMILES string of the molecule is Cc1noc(CSc2ccccc2C(=O)O[C@H](C)c2nc3ccccc3c(=O)[nH]2)n1. The van der Waals surface area contributed by atoms with Gasteiger partial charge in [0.15, 0.2) is 17.8 Å². The maximum atomic E-state index is 12.8. The molecule has 0 amide bonds. The van der Waals surface area contributed by atoms with Crippen molar-refractivity contribution in [2.45, 2.75) is 30.6 Å². The standard InChI is InChI=1S/C21H18N4O4S/c1-12(19-23-16-9-5-3-7-14(16)20(26)24-19)28-21(27)15-8-4-6-10-17(15)30-11-18-22-13(2)25-29-18/h3-10,12H,11H2,1-2H3,(H,23,24,26)/t12-/m1/s1. The number of esters is 1. The number of para-hydroxylation sites is 1. The van der Waals surface area contributed by atoms with E-state index in [0.717, 1.165) is 4.90 Å². The Hall–Kier alpha value is -3.46. The van der Waals surface area contributed by atoms with E-state index in [2.05, 4.69) is 20.1 Å². The van der Waals surface area contributed by atoms with E-state index in [0.29, 0.717) is 39.8 Å². The van der Waals surface area contributed by atoms with Gasteiger partial charge < -0.3 is 14.2 Å². The van der Waals surface area contributed by atoms with E-state index >= 15 is 0 Å². The van der Waals surface area contributed by atoms with Gasteiger partial charge in [-0.05, 0) is 38.1 Å². The van der Waals surface area contributed by atoms with Crippen molar-refractivity contribution in [2.75, 3.05) is 0 Å². The lowest BCUT2D eigenvalue weighted by atomic mass is 10.2. The van der Waals surface area contributed by atoms with Crippen molar-refractivity contribution in [3.05, 3.63) is 82.0 Å². The smallest absolute Gasteiger partial charge is 0.339 e. The molecule has 8 nitrogen and oxygen atoms in total. The summed E-state index contributed by atoms with van der Waals surface area (Å²) in [5.41, 5.74) is 0.683. The van der Waals surface area contributed by atoms with Crippen molar-refractivity contribution in [1.29, 1.82) is 0 Å². The van der Waals surface area contributed by atoms with Crippen LogP contribution in [0.15, 0.2) is 62.7 Å². The molecule has 9 heteroatoms. The third kappa shape index (κ3) is 4.25. The minimum atomic E-state index is -0.730. The summed E-state index contributed by atoms with van der Waals surface area (Å²) >= 11 is 1.40. The van der Waals surface area contributed by atoms with E-state index in [1.807, 2.05) is 12.1 Å². The van der Waals surface area contributed by atoms with Gasteiger partial charge in [-0.15, -0.1) is 11.8 Å². The number of nitrogens with one attached hydrogen (secondary N) is 1. The number of aromatic nitrogens is 4. The molecule has 2 heterocycles. The van der Waals surface area contributed by atoms with Crippen LogP contribution in [0.4, 0.5) is 0 Å². The van der Waals surface area contributed by atoms with Crippen LogP contribution in [0.3, 0.4) is 0 Å². The summed E-state index contributed by atoms with van der Waals surface area (Å²) < 4.78 is 10.7. The average Bonchev–Trinajstić information content (AvgIpc) is 3.17. The van der Waals surface area contributed by atoms with E-state index in [-0.39, 0.29) is 5.56 Å². The molecular weight excluding hydrogens is 404 g/mol. The summed E-state index contributed by atoms with van der Waals surface area (Å²) in [6, 6.07) is 14.1. The minimum absolute atomic E-state index is 0.274. The Morgan fingerprint density at radius 2 is 1.93 bits per heavy atom. The summed E-state index contributed by atoms with van der Waals surface area (Å²) in [5.74, 6) is 1.25. The molecule has 30 heavy (non-hydrogen) atoms. The fourth-order valence-electron chi connectivity index (χ4n) is 2.88. The number of hydrogen-bond acceptors (Lipinski definition) is 8. The molecule has 0 spiro atoms. The van der Waals surface area contributed by atoms with Crippen molar-refractivity contribution in [3.8, 4) is 0 Å². The number of carbonyl (C=O) groups is 1. The van der Waals surface area contributed by atoms with Gasteiger partial charge in [-0.1, -0.05) is 29.4 Å². The van der Waals surface area contributed by atoms with Gasteiger partial charge in [-0.25, -0.2) is 9.78 Å². The van der Waals surface area contributed by atoms with Crippen molar-refractivity contribution in [3.63, 3.8) is 0 Å². The Bertz CT molecular complexity index is 1270. The maximum absolute atomic E-state index is 12.8. The van der Waals surface area contributed by atoms with E-state index in [1.54, 1.807) is 50.2 Å². The van der Waals surface area contributed by atoms with Crippen LogP contribution in [-0.2, 0) is 10.5 Å². The van der Waals surface area contributed by atoms with Crippen LogP contribution >= 0.6 is 11.8 Å². The number of rotatable bonds is 6. The third-order valence-electron chi connectivity index (χ3n) is 4.33. The normalized spacial score (nSPS) is 12.1. The fraction of sp³-hybridized carbons (Fsp3) is 0.190. The second kappa shape index (κ2) is 8.50. The molecule has 0 fully saturated rings. The highest BCUT2D eigenvalue weighted by atomic mass is 32.2. The van der Waals surface area contributed by atoms with Crippen molar-refractivity contribution < 1.29 is 14.1 Å². The number of H-pyrrole nitrogens is 1. The number of hydrogen-bond donors (Lipinski definition) is 1. The Morgan fingerprint density at radius 1 is 1.17 bits per heavy atom. The number of benzene rings is 2. The molecule has 1 atom stereocenters. The molecule has 0 saturated carbocycles. The number of nitrogens with zero attached hydrogens (tertiary/aromatic N) is 3. The van der Waals surface area contributed by atoms with Gasteiger partial charge in [0, 0.05) is 4.90 Å². The zero-order valence-electron chi connectivity index (χ0n) is 16.3. The van der Waals surface area contributed by atoms with Crippen molar-refractivity contribution in [2.24, 2.45) is 0 Å². The number of fused-ring (bicyclic) bond motifs is 1. The highest BCUT2D eigenvalue weighted by Crippen LogP contribution is 2.27. The molecule has 0 saturated heterocycles. The lowest BCUT2D eigenvalue weighted by Crippen LogP contribution is -2.17. The molecule has 2 aromatic heterocycles. The van der Waals surface area contributed by atoms with Crippen molar-refractivity contribution in [1.82, 2.24) is 20.1 Å². The quantitative estimate of drug-likeness (QED) is 0.369. The maximum Gasteiger partial charge on any atom is 0.339 e. The summed E-state index contributed by atoms with van der Waals surface area (Å²) in [5, 5.41) is 4.25. The van der Waals surface area contributed by atoms with Gasteiger partial charge >= 0.3 is 5.97 Å². The number of thioether (sulfide) groups is 1. The zero-order chi connectivity index (χ0) is 21.1. The molecule has 0 aliphatic carbocycles. The molecule has 0 aliphatic heterocycles. The molecule has 0 aliphatic rings. The lowest BCUT2D eigenvalue weighted by Gasteiger charge is -2.14. The van der Waals surface area contributed by atoms with Crippen molar-refractivity contribution >= 4 is 28.6 Å². The molecule has 1 N–H and O–H groups in total. The van der Waals surface area contributed by atoms with Gasteiger partial charge in [0.1, 0.15) is 0 Å². The van der Waals surface area contributed by atoms with Crippen LogP contribution < -0.4 is 5.56 Å². The Morgan fingerprint density at radius 3 is 2.73 bits per heavy atom. The summed E-state index contributed by atoms with van der Waals surface area (Å²) in [4.78, 5) is 37.1. The first-order chi connectivity index (χ1) is 14.5. The van der Waals surface area contributed by atoms with Gasteiger partial charge in [0.25, 0.3) is 5.56 Å². The van der Waals surface area contributed by atoms with Crippen LogP contribution in [-0.4, -0.2) is 26.1 Å². The van der Waals surface area contributed by atoms with Gasteiger partial charge in [-0.3, -0.25) is 4.79 Å². The first kappa shape index (κ1) is 19.8. The Balaban J connectivity index is 1.52. The molecule has 0 unspecified atom stereocenters. The lowest BCUT2D eigenvalue weighted by molar-refractivity contribution is 0.0316. The predicted octanol–water partition coefficient (Wildman–Crippen LogP) is 3.82. The molecular formula is C21H18N4O4S. The molecule has 4 rings (SSSR count). The number of aromatic amines is 1. The van der Waals surface area contributed by atoms with E-state index in [4.69, 9.17) is 9.26 Å². The largest absolute Gasteiger partial charge is 0.451 e. The Labute approximate surface area is 175 Å². The van der Waals surface area contributed by atoms with Gasteiger partial charge in [-0.2, -0.15) is 4.98 Å². The van der Waals surface area contributed by atoms with E-state index in [9.17, 15) is 9.59 Å². The van der Waals surface area contributed by atoms with Gasteiger partial charge in [0.05, 0.1) is 22.2 Å². The van der Waals surface area contributed by atoms with Crippen LogP contribution in [0, 0.1) is 6.92 Å². The molecule has 0 radical (unpaired) electrons. The molecule has 0 bridgehead atoms. The minimum Gasteiger partial charge on any atom is -0.451 e. The summed E-state index contributed by atoms with van der Waals surface area (Å²) in [6.07, 6.45) is -0.730. The molecule has 152 valence electrons. The van der Waals surface area contributed by atoms with Crippen LogP contribution in [0.1, 0.15) is 40.9 Å². The first-order valence-corrected chi connectivity index (χ1v) is 10.2. The van der Waals surface area contributed by atoms with Gasteiger partial charge in [0.2, 0.25) is 5.89 Å². The number of aryl methyl sites for hydroxylation is 1. The second-order valence-corrected chi connectivity index (χ2v) is 7.55. The number of ether oxygens (including phenoxy) is 1. The zero-order valence-corrected chi connectivity index (χ0v) is 17.1. The third-order valence-corrected chi connectivity index (χ3v) is 5.39. The summed E-state index contributed by atoms with van der Waals surface area (Å²) in [6.45, 7) is 3.41. The first-order valence-electron chi connectivity index (χ1n) is 9.22. The summed E-state index contributed by atoms with van der Waals surface area (Å²) in [7, 11) is 0. The molecule has 4 aromatic rings. The van der Waals surface area contributed by atoms with E-state index in [1.165, 1.54) is 11.8 Å². The van der Waals surface area contributed by atoms with E-state index < -0.39 is 12.1 Å². The predicted molar refractivity (Wildman–Crippen MR) is 111 cm³/mol. The van der Waals surface area contributed by atoms with Crippen LogP contribution in [0.2, 0.25) is 0 Å². The topological polar surface area (TPSA) is 111 Å². The molecule has 2 aromatic carbocycles. The average molecular weight is 422 g/mol. The monoisotopic (exact) mass is 422 g/mol. The number of carbonyl (C=O) groups excluding carboxylic acids is 1. The Kier molecular flexibility index (Phi) is 5.62.